The van der Waals surface area contributed by atoms with Crippen molar-refractivity contribution < 1.29 is 9.90 Å². The molecule has 0 atom stereocenters. The Morgan fingerprint density at radius 2 is 2.00 bits per heavy atom. The molecule has 1 aromatic carbocycles. The molecule has 17 heavy (non-hydrogen) atoms. The fourth-order valence-electron chi connectivity index (χ4n) is 2.19. The smallest absolute Gasteiger partial charge is 0.335 e. The van der Waals surface area contributed by atoms with Gasteiger partial charge in [-0.3, -0.25) is 4.90 Å². The second kappa shape index (κ2) is 5.65. The zero-order chi connectivity index (χ0) is 12.3. The van der Waals surface area contributed by atoms with Crippen molar-refractivity contribution in [1.82, 2.24) is 4.90 Å². The first kappa shape index (κ1) is 12.6. The first-order valence-corrected chi connectivity index (χ1v) is 6.70. The number of hydrogen-bond acceptors (Lipinski definition) is 2. The fourth-order valence-corrected chi connectivity index (χ4v) is 2.56. The van der Waals surface area contributed by atoms with Gasteiger partial charge in [-0.2, -0.15) is 0 Å². The molecule has 0 saturated carbocycles. The van der Waals surface area contributed by atoms with Gasteiger partial charge in [-0.1, -0.05) is 22.4 Å². The minimum absolute atomic E-state index is 0.361. The predicted octanol–water partition coefficient (Wildman–Crippen LogP) is 3.13. The van der Waals surface area contributed by atoms with Gasteiger partial charge in [-0.25, -0.2) is 4.79 Å². The number of aromatic carboxylic acids is 1. The maximum atomic E-state index is 10.9. The molecule has 1 aliphatic rings. The standard InChI is InChI=1S/C13H16BrNO2/c14-12-5-4-10(13(16)17)8-11(12)9-15-6-2-1-3-7-15/h4-5,8H,1-3,6-7,9H2,(H,16,17). The number of carbonyl (C=O) groups is 1. The van der Waals surface area contributed by atoms with Crippen molar-refractivity contribution in [2.24, 2.45) is 0 Å². The lowest BCUT2D eigenvalue weighted by Gasteiger charge is -2.26. The van der Waals surface area contributed by atoms with Crippen LogP contribution in [0.3, 0.4) is 0 Å². The number of benzene rings is 1. The van der Waals surface area contributed by atoms with E-state index in [1.807, 2.05) is 6.07 Å². The van der Waals surface area contributed by atoms with Gasteiger partial charge in [0.05, 0.1) is 5.56 Å². The normalized spacial score (nSPS) is 17.0. The monoisotopic (exact) mass is 297 g/mol. The van der Waals surface area contributed by atoms with E-state index < -0.39 is 5.97 Å². The molecule has 0 aliphatic carbocycles. The lowest BCUT2D eigenvalue weighted by atomic mass is 10.1. The van der Waals surface area contributed by atoms with Crippen molar-refractivity contribution in [1.29, 1.82) is 0 Å². The molecule has 0 radical (unpaired) electrons. The van der Waals surface area contributed by atoms with Crippen LogP contribution >= 0.6 is 15.9 Å². The van der Waals surface area contributed by atoms with E-state index in [9.17, 15) is 4.79 Å². The lowest BCUT2D eigenvalue weighted by molar-refractivity contribution is 0.0696. The Bertz CT molecular complexity index is 414. The highest BCUT2D eigenvalue weighted by molar-refractivity contribution is 9.10. The zero-order valence-corrected chi connectivity index (χ0v) is 11.2. The van der Waals surface area contributed by atoms with Crippen molar-refractivity contribution in [3.05, 3.63) is 33.8 Å². The largest absolute Gasteiger partial charge is 0.478 e. The average Bonchev–Trinajstić information content (AvgIpc) is 2.33. The first-order chi connectivity index (χ1) is 8.16. The molecule has 0 bridgehead atoms. The molecule has 1 heterocycles. The van der Waals surface area contributed by atoms with Gasteiger partial charge >= 0.3 is 5.97 Å². The summed E-state index contributed by atoms with van der Waals surface area (Å²) in [5, 5.41) is 8.98. The van der Waals surface area contributed by atoms with Crippen LogP contribution in [-0.2, 0) is 6.54 Å². The van der Waals surface area contributed by atoms with Crippen LogP contribution in [0, 0.1) is 0 Å². The summed E-state index contributed by atoms with van der Waals surface area (Å²) in [5.41, 5.74) is 1.42. The van der Waals surface area contributed by atoms with E-state index in [1.54, 1.807) is 12.1 Å². The van der Waals surface area contributed by atoms with E-state index >= 15 is 0 Å². The second-order valence-electron chi connectivity index (χ2n) is 4.45. The van der Waals surface area contributed by atoms with E-state index in [0.29, 0.717) is 5.56 Å². The molecule has 1 aliphatic heterocycles. The summed E-state index contributed by atoms with van der Waals surface area (Å²) in [6.45, 7) is 3.06. The van der Waals surface area contributed by atoms with Crippen LogP contribution < -0.4 is 0 Å². The molecular weight excluding hydrogens is 282 g/mol. The average molecular weight is 298 g/mol. The maximum Gasteiger partial charge on any atom is 0.335 e. The molecule has 0 spiro atoms. The number of halogens is 1. The van der Waals surface area contributed by atoms with Gasteiger partial charge < -0.3 is 5.11 Å². The minimum atomic E-state index is -0.864. The van der Waals surface area contributed by atoms with Gasteiger partial charge in [0.1, 0.15) is 0 Å². The molecule has 1 saturated heterocycles. The van der Waals surface area contributed by atoms with Gasteiger partial charge in [0, 0.05) is 11.0 Å². The molecular formula is C13H16BrNO2. The van der Waals surface area contributed by atoms with Gasteiger partial charge in [0.25, 0.3) is 0 Å². The van der Waals surface area contributed by atoms with Crippen LogP contribution in [0.15, 0.2) is 22.7 Å². The van der Waals surface area contributed by atoms with E-state index in [1.165, 1.54) is 19.3 Å². The SMILES string of the molecule is O=C(O)c1ccc(Br)c(CN2CCCCC2)c1. The van der Waals surface area contributed by atoms with Gasteiger partial charge in [0.2, 0.25) is 0 Å². The predicted molar refractivity (Wildman–Crippen MR) is 70.2 cm³/mol. The molecule has 2 rings (SSSR count). The Morgan fingerprint density at radius 3 is 2.65 bits per heavy atom. The topological polar surface area (TPSA) is 40.5 Å². The van der Waals surface area contributed by atoms with Gasteiger partial charge in [0.15, 0.2) is 0 Å². The zero-order valence-electron chi connectivity index (χ0n) is 9.66. The van der Waals surface area contributed by atoms with Crippen LogP contribution in [0.2, 0.25) is 0 Å². The molecule has 0 unspecified atom stereocenters. The maximum absolute atomic E-state index is 10.9. The van der Waals surface area contributed by atoms with E-state index in [0.717, 1.165) is 29.7 Å². The molecule has 3 nitrogen and oxygen atoms in total. The van der Waals surface area contributed by atoms with Crippen LogP contribution in [0.4, 0.5) is 0 Å². The third-order valence-corrected chi connectivity index (χ3v) is 3.91. The van der Waals surface area contributed by atoms with Gasteiger partial charge in [-0.05, 0) is 49.7 Å². The second-order valence-corrected chi connectivity index (χ2v) is 5.30. The molecule has 92 valence electrons. The number of likely N-dealkylation sites (tertiary alicyclic amines) is 1. The highest BCUT2D eigenvalue weighted by Crippen LogP contribution is 2.22. The third kappa shape index (κ3) is 3.30. The van der Waals surface area contributed by atoms with E-state index in [2.05, 4.69) is 20.8 Å². The Balaban J connectivity index is 2.13. The first-order valence-electron chi connectivity index (χ1n) is 5.91. The molecule has 1 N–H and O–H groups in total. The minimum Gasteiger partial charge on any atom is -0.478 e. The summed E-state index contributed by atoms with van der Waals surface area (Å²) in [6.07, 6.45) is 3.80. The van der Waals surface area contributed by atoms with Crippen molar-refractivity contribution in [3.8, 4) is 0 Å². The van der Waals surface area contributed by atoms with Crippen molar-refractivity contribution in [3.63, 3.8) is 0 Å². The Morgan fingerprint density at radius 1 is 1.29 bits per heavy atom. The van der Waals surface area contributed by atoms with Crippen molar-refractivity contribution >= 4 is 21.9 Å². The lowest BCUT2D eigenvalue weighted by Crippen LogP contribution is -2.29. The Kier molecular flexibility index (Phi) is 4.18. The molecule has 1 fully saturated rings. The fraction of sp³-hybridized carbons (Fsp3) is 0.462. The van der Waals surface area contributed by atoms with Crippen LogP contribution in [0.1, 0.15) is 35.2 Å². The molecule has 4 heteroatoms. The highest BCUT2D eigenvalue weighted by atomic mass is 79.9. The highest BCUT2D eigenvalue weighted by Gasteiger charge is 2.13. The summed E-state index contributed by atoms with van der Waals surface area (Å²) in [6, 6.07) is 5.22. The summed E-state index contributed by atoms with van der Waals surface area (Å²) < 4.78 is 0.994. The van der Waals surface area contributed by atoms with E-state index in [4.69, 9.17) is 5.11 Å². The van der Waals surface area contributed by atoms with Crippen LogP contribution in [0.25, 0.3) is 0 Å². The molecule has 1 aromatic rings. The summed E-state index contributed by atoms with van der Waals surface area (Å²) in [4.78, 5) is 13.3. The van der Waals surface area contributed by atoms with Crippen LogP contribution in [0.5, 0.6) is 0 Å². The van der Waals surface area contributed by atoms with Gasteiger partial charge in [-0.15, -0.1) is 0 Å². The molecule has 0 amide bonds. The number of carboxylic acid groups (broad SMARTS) is 1. The third-order valence-electron chi connectivity index (χ3n) is 3.14. The number of hydrogen-bond donors (Lipinski definition) is 1. The summed E-state index contributed by atoms with van der Waals surface area (Å²) in [5.74, 6) is -0.864. The quantitative estimate of drug-likeness (QED) is 0.932. The number of piperidine rings is 1. The van der Waals surface area contributed by atoms with Crippen LogP contribution in [-0.4, -0.2) is 29.1 Å². The molecule has 0 aromatic heterocycles. The van der Waals surface area contributed by atoms with E-state index in [-0.39, 0.29) is 0 Å². The summed E-state index contributed by atoms with van der Waals surface area (Å²) in [7, 11) is 0. The Hall–Kier alpha value is -0.870. The Labute approximate surface area is 110 Å². The van der Waals surface area contributed by atoms with Crippen molar-refractivity contribution in [2.75, 3.05) is 13.1 Å². The summed E-state index contributed by atoms with van der Waals surface area (Å²) >= 11 is 3.49. The number of carboxylic acids is 1. The number of rotatable bonds is 3. The van der Waals surface area contributed by atoms with Crippen molar-refractivity contribution in [2.45, 2.75) is 25.8 Å². The number of nitrogens with zero attached hydrogens (tertiary/aromatic N) is 1.